The lowest BCUT2D eigenvalue weighted by Crippen LogP contribution is -2.20. The van der Waals surface area contributed by atoms with Gasteiger partial charge >= 0.3 is 0 Å². The van der Waals surface area contributed by atoms with Crippen molar-refractivity contribution in [3.05, 3.63) is 19.7 Å². The molecule has 1 aliphatic carbocycles. The van der Waals surface area contributed by atoms with Gasteiger partial charge in [0.2, 0.25) is 0 Å². The number of fused-ring (bicyclic) bond motifs is 1. The summed E-state index contributed by atoms with van der Waals surface area (Å²) in [5.41, 5.74) is 1.22. The molecule has 0 aromatic rings. The fourth-order valence-corrected chi connectivity index (χ4v) is 2.67. The van der Waals surface area contributed by atoms with Gasteiger partial charge in [-0.1, -0.05) is 27.5 Å². The second-order valence-electron chi connectivity index (χ2n) is 2.36. The van der Waals surface area contributed by atoms with Crippen LogP contribution in [0, 0.1) is 0 Å². The van der Waals surface area contributed by atoms with Crippen LogP contribution in [0.3, 0.4) is 0 Å². The molecule has 0 spiro atoms. The number of nitrogens with zero attached hydrogens (tertiary/aromatic N) is 3. The van der Waals surface area contributed by atoms with Crippen molar-refractivity contribution in [3.63, 3.8) is 0 Å². The topological polar surface area (TPSA) is 37.1 Å². The molecule has 7 heteroatoms. The molecule has 0 radical (unpaired) electrons. The molecule has 0 aromatic heterocycles. The van der Waals surface area contributed by atoms with E-state index in [4.69, 9.17) is 23.2 Å². The lowest BCUT2D eigenvalue weighted by atomic mass is 10.1. The first-order valence-electron chi connectivity index (χ1n) is 3.21. The molecule has 2 rings (SSSR count). The molecule has 1 aliphatic heterocycles. The second kappa shape index (κ2) is 3.46. The number of rotatable bonds is 0. The van der Waals surface area contributed by atoms with Crippen LogP contribution in [0.4, 0.5) is 0 Å². The Hall–Kier alpha value is 0.290. The lowest BCUT2D eigenvalue weighted by Gasteiger charge is -2.16. The van der Waals surface area contributed by atoms with Gasteiger partial charge in [0.05, 0.1) is 9.51 Å². The molecule has 0 amide bonds. The smallest absolute Gasteiger partial charge is 0.129 e. The van der Waals surface area contributed by atoms with Crippen molar-refractivity contribution >= 4 is 60.8 Å². The van der Waals surface area contributed by atoms with Gasteiger partial charge < -0.3 is 0 Å². The van der Waals surface area contributed by atoms with E-state index in [2.05, 4.69) is 47.3 Å². The van der Waals surface area contributed by atoms with E-state index in [-0.39, 0.29) is 0 Å². The Morgan fingerprint density at radius 3 is 2.69 bits per heavy atom. The maximum absolute atomic E-state index is 6.03. The first-order valence-corrected chi connectivity index (χ1v) is 5.61. The molecule has 1 atom stereocenters. The molecule has 0 N–H and O–H groups in total. The zero-order valence-electron chi connectivity index (χ0n) is 5.93. The molecule has 0 aromatic carbocycles. The fourth-order valence-electron chi connectivity index (χ4n) is 0.981. The Morgan fingerprint density at radius 2 is 2.00 bits per heavy atom. The average Bonchev–Trinajstić information content (AvgIpc) is 2.59. The Balaban J connectivity index is 2.62. The monoisotopic (exact) mass is 343 g/mol. The van der Waals surface area contributed by atoms with Gasteiger partial charge in [0.1, 0.15) is 16.8 Å². The van der Waals surface area contributed by atoms with E-state index in [1.54, 1.807) is 0 Å². The van der Waals surface area contributed by atoms with Crippen LogP contribution in [0.2, 0.25) is 0 Å². The van der Waals surface area contributed by atoms with Crippen LogP contribution >= 0.6 is 55.1 Å². The first-order chi connectivity index (χ1) is 6.13. The molecule has 1 heterocycles. The molecule has 0 saturated heterocycles. The van der Waals surface area contributed by atoms with Gasteiger partial charge in [-0.05, 0) is 21.2 Å². The van der Waals surface area contributed by atoms with E-state index in [0.717, 1.165) is 0 Å². The van der Waals surface area contributed by atoms with Crippen molar-refractivity contribution in [1.29, 1.82) is 0 Å². The predicted octanol–water partition coefficient (Wildman–Crippen LogP) is 3.88. The highest BCUT2D eigenvalue weighted by Gasteiger charge is 2.33. The van der Waals surface area contributed by atoms with Gasteiger partial charge in [-0.15, -0.1) is 21.8 Å². The Bertz CT molecular complexity index is 395. The molecular formula is C6HBr2Cl2N3. The first kappa shape index (κ1) is 9.83. The SMILES string of the molecule is ClC1=C(Br)C(Cl)C2=NN=NC2=C1Br. The largest absolute Gasteiger partial charge is 0.131 e. The predicted molar refractivity (Wildman–Crippen MR) is 59.7 cm³/mol. The van der Waals surface area contributed by atoms with E-state index >= 15 is 0 Å². The van der Waals surface area contributed by atoms with Gasteiger partial charge in [0, 0.05) is 4.48 Å². The van der Waals surface area contributed by atoms with Crippen LogP contribution in [0.5, 0.6) is 0 Å². The summed E-state index contributed by atoms with van der Waals surface area (Å²) in [6.45, 7) is 0. The number of hydrogen-bond acceptors (Lipinski definition) is 3. The molecule has 0 saturated carbocycles. The van der Waals surface area contributed by atoms with E-state index in [1.165, 1.54) is 0 Å². The molecule has 3 nitrogen and oxygen atoms in total. The van der Waals surface area contributed by atoms with Crippen LogP contribution in [0.15, 0.2) is 35.1 Å². The van der Waals surface area contributed by atoms with Crippen LogP contribution in [0.25, 0.3) is 0 Å². The van der Waals surface area contributed by atoms with Crippen molar-refractivity contribution in [2.45, 2.75) is 5.38 Å². The highest BCUT2D eigenvalue weighted by atomic mass is 79.9. The summed E-state index contributed by atoms with van der Waals surface area (Å²) in [6, 6.07) is 0. The minimum atomic E-state index is -0.404. The van der Waals surface area contributed by atoms with E-state index in [9.17, 15) is 0 Å². The fraction of sp³-hybridized carbons (Fsp3) is 0.167. The zero-order chi connectivity index (χ0) is 9.59. The van der Waals surface area contributed by atoms with Crippen molar-refractivity contribution < 1.29 is 0 Å². The Kier molecular flexibility index (Phi) is 2.61. The summed E-state index contributed by atoms with van der Waals surface area (Å²) < 4.78 is 1.34. The minimum absolute atomic E-state index is 0.404. The van der Waals surface area contributed by atoms with Gasteiger partial charge in [-0.2, -0.15) is 0 Å². The number of halogens is 4. The van der Waals surface area contributed by atoms with Crippen molar-refractivity contribution in [3.8, 4) is 0 Å². The van der Waals surface area contributed by atoms with Gasteiger partial charge in [-0.3, -0.25) is 0 Å². The third-order valence-corrected chi connectivity index (χ3v) is 4.78. The lowest BCUT2D eigenvalue weighted by molar-refractivity contribution is 1.09. The zero-order valence-corrected chi connectivity index (χ0v) is 10.6. The quantitative estimate of drug-likeness (QED) is 0.597. The Labute approximate surface area is 101 Å². The van der Waals surface area contributed by atoms with Crippen LogP contribution in [-0.4, -0.2) is 11.1 Å². The molecule has 0 bridgehead atoms. The maximum Gasteiger partial charge on any atom is 0.129 e. The summed E-state index contributed by atoms with van der Waals surface area (Å²) in [7, 11) is 0. The summed E-state index contributed by atoms with van der Waals surface area (Å²) >= 11 is 18.6. The second-order valence-corrected chi connectivity index (χ2v) is 4.82. The molecule has 1 unspecified atom stereocenters. The highest BCUT2D eigenvalue weighted by Crippen LogP contribution is 2.41. The van der Waals surface area contributed by atoms with Gasteiger partial charge in [0.25, 0.3) is 0 Å². The Morgan fingerprint density at radius 1 is 1.31 bits per heavy atom. The standard InChI is InChI=1S/C6HBr2Cl2N3/c7-1-3(9)2(8)5-6(4(1)10)12-13-11-5/h4H. The van der Waals surface area contributed by atoms with Gasteiger partial charge in [0.15, 0.2) is 0 Å². The highest BCUT2D eigenvalue weighted by molar-refractivity contribution is 9.12. The normalized spacial score (nSPS) is 26.8. The molecule has 13 heavy (non-hydrogen) atoms. The van der Waals surface area contributed by atoms with E-state index < -0.39 is 5.38 Å². The molecule has 2 aliphatic rings. The van der Waals surface area contributed by atoms with Crippen molar-refractivity contribution in [1.82, 2.24) is 0 Å². The number of hydrogen-bond donors (Lipinski definition) is 0. The maximum atomic E-state index is 6.03. The third-order valence-electron chi connectivity index (χ3n) is 1.61. The van der Waals surface area contributed by atoms with Crippen molar-refractivity contribution in [2.24, 2.45) is 15.4 Å². The molecule has 0 fully saturated rings. The van der Waals surface area contributed by atoms with E-state index in [0.29, 0.717) is 25.4 Å². The summed E-state index contributed by atoms with van der Waals surface area (Å²) in [4.78, 5) is 0. The van der Waals surface area contributed by atoms with Crippen LogP contribution < -0.4 is 0 Å². The van der Waals surface area contributed by atoms with Crippen LogP contribution in [-0.2, 0) is 0 Å². The minimum Gasteiger partial charge on any atom is -0.131 e. The summed E-state index contributed by atoms with van der Waals surface area (Å²) in [5, 5.41) is 11.2. The molecule has 68 valence electrons. The molecular weight excluding hydrogens is 345 g/mol. The van der Waals surface area contributed by atoms with Gasteiger partial charge in [-0.25, -0.2) is 0 Å². The van der Waals surface area contributed by atoms with E-state index in [1.807, 2.05) is 0 Å². The van der Waals surface area contributed by atoms with Crippen LogP contribution in [0.1, 0.15) is 0 Å². The average molecular weight is 346 g/mol. The number of allylic oxidation sites excluding steroid dienone is 4. The number of alkyl halides is 1. The summed E-state index contributed by atoms with van der Waals surface area (Å²) in [5.74, 6) is 0. The summed E-state index contributed by atoms with van der Waals surface area (Å²) in [6.07, 6.45) is 0. The van der Waals surface area contributed by atoms with Crippen molar-refractivity contribution in [2.75, 3.05) is 0 Å². The third kappa shape index (κ3) is 1.42.